The number of alkyl carbamates (subject to hydrolysis) is 2. The van der Waals surface area contributed by atoms with E-state index in [-0.39, 0.29) is 56.1 Å². The highest BCUT2D eigenvalue weighted by molar-refractivity contribution is 5.90. The van der Waals surface area contributed by atoms with Gasteiger partial charge in [0.15, 0.2) is 0 Å². The molecule has 1 saturated carbocycles. The molecule has 2 aromatic rings. The molecule has 1 aliphatic heterocycles. The van der Waals surface area contributed by atoms with Crippen LogP contribution in [0, 0.1) is 0 Å². The van der Waals surface area contributed by atoms with Crippen LogP contribution < -0.4 is 27.0 Å². The van der Waals surface area contributed by atoms with E-state index < -0.39 is 34.6 Å². The van der Waals surface area contributed by atoms with E-state index in [1.807, 2.05) is 45.0 Å². The second kappa shape index (κ2) is 15.5. The van der Waals surface area contributed by atoms with Crippen LogP contribution in [0.4, 0.5) is 20.2 Å². The normalized spacial score (nSPS) is 18.3. The number of rotatable bonds is 8. The standard InChI is InChI=1S/C35H52N8O7/c1-33(2,3)49-31(47)37-25-12-11-24(21-25)36-22-23-9-13-26(14-10-23)43-16-15-27(39-30(43)46)38-29(45)42-19-17-41(18-20-42)28(44)35(7,8)40-32(48)50-34(4,5)6/h9-10,13-16,24-25,36H,11-12,17-22H2,1-8H3,(H,37,47)(H,40,48)(H,38,39,45,46)/t24-,25-/m0/s1. The number of nitrogens with zero attached hydrogens (tertiary/aromatic N) is 4. The van der Waals surface area contributed by atoms with Gasteiger partial charge < -0.3 is 35.2 Å². The molecule has 50 heavy (non-hydrogen) atoms. The van der Waals surface area contributed by atoms with Crippen molar-refractivity contribution in [1.29, 1.82) is 0 Å². The quantitative estimate of drug-likeness (QED) is 0.320. The molecule has 274 valence electrons. The highest BCUT2D eigenvalue weighted by Crippen LogP contribution is 2.21. The highest BCUT2D eigenvalue weighted by Gasteiger charge is 2.37. The van der Waals surface area contributed by atoms with Crippen molar-refractivity contribution in [1.82, 2.24) is 35.3 Å². The summed E-state index contributed by atoms with van der Waals surface area (Å²) in [6, 6.07) is 9.03. The number of ether oxygens (including phenoxy) is 2. The van der Waals surface area contributed by atoms with Crippen molar-refractivity contribution in [3.05, 3.63) is 52.6 Å². The molecule has 15 heteroatoms. The van der Waals surface area contributed by atoms with Crippen molar-refractivity contribution >= 4 is 29.9 Å². The number of piperazine rings is 1. The molecule has 1 aliphatic carbocycles. The van der Waals surface area contributed by atoms with Crippen LogP contribution in [0.3, 0.4) is 0 Å². The largest absolute Gasteiger partial charge is 0.444 e. The Morgan fingerprint density at radius 2 is 1.38 bits per heavy atom. The van der Waals surface area contributed by atoms with E-state index in [4.69, 9.17) is 9.47 Å². The molecule has 4 rings (SSSR count). The summed E-state index contributed by atoms with van der Waals surface area (Å²) in [6.07, 6.45) is 3.15. The van der Waals surface area contributed by atoms with Crippen LogP contribution in [0.5, 0.6) is 0 Å². The number of anilines is 1. The fourth-order valence-electron chi connectivity index (χ4n) is 5.79. The molecule has 1 saturated heterocycles. The zero-order valence-electron chi connectivity index (χ0n) is 30.4. The SMILES string of the molecule is CC(C)(C)OC(=O)N[C@H]1CC[C@H](NCc2ccc(-n3ccc(NC(=O)N4CCN(C(=O)C(C)(C)NC(=O)OC(C)(C)C)CC4)nc3=O)cc2)C1. The summed E-state index contributed by atoms with van der Waals surface area (Å²) in [7, 11) is 0. The van der Waals surface area contributed by atoms with Gasteiger partial charge in [-0.1, -0.05) is 12.1 Å². The van der Waals surface area contributed by atoms with E-state index in [0.717, 1.165) is 24.8 Å². The van der Waals surface area contributed by atoms with Gasteiger partial charge in [0.05, 0.1) is 5.69 Å². The number of amides is 5. The lowest BCUT2D eigenvalue weighted by Crippen LogP contribution is -2.60. The third-order valence-corrected chi connectivity index (χ3v) is 8.20. The van der Waals surface area contributed by atoms with Gasteiger partial charge in [-0.05, 0) is 98.4 Å². The van der Waals surface area contributed by atoms with Crippen LogP contribution in [0.25, 0.3) is 5.69 Å². The molecule has 0 spiro atoms. The molecule has 2 atom stereocenters. The molecule has 15 nitrogen and oxygen atoms in total. The first-order valence-electron chi connectivity index (χ1n) is 17.1. The third-order valence-electron chi connectivity index (χ3n) is 8.20. The smallest absolute Gasteiger partial charge is 0.408 e. The van der Waals surface area contributed by atoms with Gasteiger partial charge in [-0.25, -0.2) is 19.2 Å². The van der Waals surface area contributed by atoms with Crippen LogP contribution in [-0.4, -0.2) is 98.5 Å². The molecule has 1 aromatic heterocycles. The van der Waals surface area contributed by atoms with E-state index >= 15 is 0 Å². The number of benzene rings is 1. The van der Waals surface area contributed by atoms with E-state index in [0.29, 0.717) is 12.2 Å². The summed E-state index contributed by atoms with van der Waals surface area (Å²) in [5.41, 5.74) is -1.28. The Morgan fingerprint density at radius 3 is 1.98 bits per heavy atom. The molecular formula is C35H52N8O7. The van der Waals surface area contributed by atoms with Gasteiger partial charge >= 0.3 is 23.9 Å². The van der Waals surface area contributed by atoms with Gasteiger partial charge in [-0.3, -0.25) is 14.7 Å². The Kier molecular flexibility index (Phi) is 11.8. The molecule has 0 bridgehead atoms. The maximum Gasteiger partial charge on any atom is 0.408 e. The summed E-state index contributed by atoms with van der Waals surface area (Å²) < 4.78 is 12.0. The highest BCUT2D eigenvalue weighted by atomic mass is 16.6. The second-order valence-electron chi connectivity index (χ2n) is 15.3. The molecule has 0 radical (unpaired) electrons. The molecule has 2 heterocycles. The first-order valence-corrected chi connectivity index (χ1v) is 17.1. The van der Waals surface area contributed by atoms with Crippen molar-refractivity contribution in [2.24, 2.45) is 0 Å². The molecule has 2 aliphatic rings. The minimum atomic E-state index is -1.19. The fraction of sp³-hybridized carbons (Fsp3) is 0.600. The lowest BCUT2D eigenvalue weighted by atomic mass is 10.0. The van der Waals surface area contributed by atoms with Crippen molar-refractivity contribution < 1.29 is 28.7 Å². The summed E-state index contributed by atoms with van der Waals surface area (Å²) in [4.78, 5) is 70.5. The van der Waals surface area contributed by atoms with E-state index in [9.17, 15) is 24.0 Å². The van der Waals surface area contributed by atoms with E-state index in [2.05, 4.69) is 26.3 Å². The fourth-order valence-corrected chi connectivity index (χ4v) is 5.79. The number of hydrogen-bond donors (Lipinski definition) is 4. The zero-order valence-corrected chi connectivity index (χ0v) is 30.4. The molecule has 4 N–H and O–H groups in total. The van der Waals surface area contributed by atoms with E-state index in [1.165, 1.54) is 4.57 Å². The Hall–Kier alpha value is -4.66. The summed E-state index contributed by atoms with van der Waals surface area (Å²) >= 11 is 0. The number of hydrogen-bond acceptors (Lipinski definition) is 9. The summed E-state index contributed by atoms with van der Waals surface area (Å²) in [5.74, 6) is -0.163. The predicted octanol–water partition coefficient (Wildman–Crippen LogP) is 3.75. The summed E-state index contributed by atoms with van der Waals surface area (Å²) in [5, 5.41) is 11.8. The number of aromatic nitrogens is 2. The van der Waals surface area contributed by atoms with Crippen LogP contribution in [-0.2, 0) is 20.8 Å². The topological polar surface area (TPSA) is 176 Å². The van der Waals surface area contributed by atoms with Gasteiger partial charge in [0.1, 0.15) is 22.6 Å². The van der Waals surface area contributed by atoms with Crippen LogP contribution in [0.1, 0.15) is 80.2 Å². The molecular weight excluding hydrogens is 644 g/mol. The zero-order chi connectivity index (χ0) is 36.9. The van der Waals surface area contributed by atoms with Crippen LogP contribution >= 0.6 is 0 Å². The number of carbonyl (C=O) groups is 4. The third kappa shape index (κ3) is 11.2. The Morgan fingerprint density at radius 1 is 0.800 bits per heavy atom. The van der Waals surface area contributed by atoms with Crippen molar-refractivity contribution in [2.45, 2.75) is 110 Å². The van der Waals surface area contributed by atoms with Crippen LogP contribution in [0.2, 0.25) is 0 Å². The Balaban J connectivity index is 1.23. The minimum absolute atomic E-state index is 0.0756. The maximum atomic E-state index is 13.1. The van der Waals surface area contributed by atoms with Crippen molar-refractivity contribution in [3.63, 3.8) is 0 Å². The Bertz CT molecular complexity index is 1590. The average Bonchev–Trinajstić information content (AvgIpc) is 3.44. The number of nitrogens with one attached hydrogen (secondary N) is 4. The summed E-state index contributed by atoms with van der Waals surface area (Å²) in [6.45, 7) is 15.7. The van der Waals surface area contributed by atoms with E-state index in [1.54, 1.807) is 56.7 Å². The Labute approximate surface area is 293 Å². The average molecular weight is 697 g/mol. The van der Waals surface area contributed by atoms with Crippen molar-refractivity contribution in [2.75, 3.05) is 31.5 Å². The molecule has 1 aromatic carbocycles. The lowest BCUT2D eigenvalue weighted by Gasteiger charge is -2.38. The van der Waals surface area contributed by atoms with Gasteiger partial charge in [-0.2, -0.15) is 4.98 Å². The molecule has 2 fully saturated rings. The maximum absolute atomic E-state index is 13.1. The first kappa shape index (κ1) is 38.1. The number of carbonyl (C=O) groups excluding carboxylic acids is 4. The molecule has 5 amide bonds. The van der Waals surface area contributed by atoms with Crippen molar-refractivity contribution in [3.8, 4) is 5.69 Å². The predicted molar refractivity (Wildman–Crippen MR) is 188 cm³/mol. The van der Waals surface area contributed by atoms with Gasteiger partial charge in [0.25, 0.3) is 0 Å². The monoisotopic (exact) mass is 696 g/mol. The number of urea groups is 1. The van der Waals surface area contributed by atoms with Crippen LogP contribution in [0.15, 0.2) is 41.3 Å². The van der Waals surface area contributed by atoms with Gasteiger partial charge in [0, 0.05) is 51.0 Å². The van der Waals surface area contributed by atoms with Gasteiger partial charge in [0.2, 0.25) is 5.91 Å². The lowest BCUT2D eigenvalue weighted by molar-refractivity contribution is -0.138. The molecule has 0 unspecified atom stereocenters. The first-order chi connectivity index (χ1) is 23.3. The minimum Gasteiger partial charge on any atom is -0.444 e. The second-order valence-corrected chi connectivity index (χ2v) is 15.3. The van der Waals surface area contributed by atoms with Gasteiger partial charge in [-0.15, -0.1) is 0 Å².